The molecule has 0 spiro atoms. The number of carbonyl (C=O) groups is 1. The van der Waals surface area contributed by atoms with Crippen LogP contribution < -0.4 is 10.4 Å². The first-order chi connectivity index (χ1) is 17.8. The average molecular weight is 565 g/mol. The SMILES string of the molecule is B[C@H]1CC(NP(=O)(S)OC(CO)CNC(=O)CCCCCCCCCCCCCCCC)[C@@H](COC)O1. The Bertz CT molecular complexity index is 636. The maximum Gasteiger partial charge on any atom is 0.324 e. The summed E-state index contributed by atoms with van der Waals surface area (Å²) in [6, 6.07) is -0.221. The Morgan fingerprint density at radius 3 is 2.11 bits per heavy atom. The first kappa shape index (κ1) is 34.9. The highest BCUT2D eigenvalue weighted by Gasteiger charge is 2.37. The van der Waals surface area contributed by atoms with Gasteiger partial charge in [0, 0.05) is 32.1 Å². The largest absolute Gasteiger partial charge is 0.394 e. The van der Waals surface area contributed by atoms with Crippen LogP contribution in [-0.2, 0) is 23.4 Å². The van der Waals surface area contributed by atoms with E-state index in [-0.39, 0.29) is 37.2 Å². The molecule has 3 unspecified atom stereocenters. The van der Waals surface area contributed by atoms with Gasteiger partial charge >= 0.3 is 6.72 Å². The summed E-state index contributed by atoms with van der Waals surface area (Å²) in [5.41, 5.74) is 0. The summed E-state index contributed by atoms with van der Waals surface area (Å²) < 4.78 is 29.3. The Labute approximate surface area is 232 Å². The van der Waals surface area contributed by atoms with Crippen molar-refractivity contribution in [1.82, 2.24) is 10.4 Å². The fraction of sp³-hybridized carbons (Fsp3) is 0.962. The highest BCUT2D eigenvalue weighted by molar-refractivity contribution is 8.45. The van der Waals surface area contributed by atoms with Crippen molar-refractivity contribution in [2.45, 2.75) is 134 Å². The number of methoxy groups -OCH3 is 1. The number of thiol groups is 1. The van der Waals surface area contributed by atoms with Crippen LogP contribution in [0.25, 0.3) is 0 Å². The zero-order valence-electron chi connectivity index (χ0n) is 23.6. The van der Waals surface area contributed by atoms with Gasteiger partial charge in [0.1, 0.15) is 14.0 Å². The fourth-order valence-electron chi connectivity index (χ4n) is 4.79. The molecule has 1 amide bonds. The topological polar surface area (TPSA) is 106 Å². The van der Waals surface area contributed by atoms with Crippen molar-refractivity contribution in [3.05, 3.63) is 0 Å². The van der Waals surface area contributed by atoms with E-state index < -0.39 is 12.8 Å². The van der Waals surface area contributed by atoms with E-state index in [1.54, 1.807) is 7.11 Å². The van der Waals surface area contributed by atoms with Gasteiger partial charge in [-0.1, -0.05) is 103 Å². The lowest BCUT2D eigenvalue weighted by Gasteiger charge is -2.26. The van der Waals surface area contributed by atoms with Crippen LogP contribution >= 0.6 is 19.0 Å². The summed E-state index contributed by atoms with van der Waals surface area (Å²) in [5, 5.41) is 15.4. The van der Waals surface area contributed by atoms with Crippen molar-refractivity contribution in [2.75, 3.05) is 26.9 Å². The molecule has 0 aromatic heterocycles. The van der Waals surface area contributed by atoms with Crippen molar-refractivity contribution >= 4 is 32.7 Å². The molecule has 8 nitrogen and oxygen atoms in total. The van der Waals surface area contributed by atoms with E-state index in [1.165, 1.54) is 70.6 Å². The number of ether oxygens (including phenoxy) is 2. The minimum Gasteiger partial charge on any atom is -0.394 e. The molecule has 1 heterocycles. The number of unbranched alkanes of at least 4 members (excludes halogenated alkanes) is 13. The quantitative estimate of drug-likeness (QED) is 0.0581. The number of aliphatic hydroxyl groups excluding tert-OH is 1. The van der Waals surface area contributed by atoms with Crippen molar-refractivity contribution in [3.8, 4) is 0 Å². The van der Waals surface area contributed by atoms with Crippen molar-refractivity contribution < 1.29 is 28.5 Å². The Balaban J connectivity index is 2.08. The lowest BCUT2D eigenvalue weighted by molar-refractivity contribution is -0.121. The predicted octanol–water partition coefficient (Wildman–Crippen LogP) is 4.74. The highest BCUT2D eigenvalue weighted by Crippen LogP contribution is 2.50. The molecule has 0 bridgehead atoms. The van der Waals surface area contributed by atoms with E-state index in [1.807, 2.05) is 7.85 Å². The van der Waals surface area contributed by atoms with Gasteiger partial charge in [-0.3, -0.25) is 9.36 Å². The first-order valence-corrected chi connectivity index (χ1v) is 17.4. The number of rotatable bonds is 24. The van der Waals surface area contributed by atoms with E-state index in [0.717, 1.165) is 19.3 Å². The van der Waals surface area contributed by atoms with Crippen LogP contribution in [0.15, 0.2) is 0 Å². The Kier molecular flexibility index (Phi) is 20.5. The standard InChI is InChI=1S/C26H54BN2O6PS/c1-3-4-5-6-7-8-9-10-11-12-13-14-15-16-17-26(31)28-19-22(20-30)35-36(32,37)29-23-18-25(27)34-24(23)21-33-2/h22-25,30H,3-21,27H2,1-2H3,(H,28,31)(H2,29,32,37)/t22?,23?,24-,25-,36?/m1/s1. The summed E-state index contributed by atoms with van der Waals surface area (Å²) in [6.45, 7) is -1.18. The van der Waals surface area contributed by atoms with Gasteiger partial charge in [-0.2, -0.15) is 0 Å². The van der Waals surface area contributed by atoms with Crippen molar-refractivity contribution in [2.24, 2.45) is 0 Å². The third kappa shape index (κ3) is 18.0. The van der Waals surface area contributed by atoms with Crippen molar-refractivity contribution in [1.29, 1.82) is 0 Å². The van der Waals surface area contributed by atoms with E-state index in [2.05, 4.69) is 29.6 Å². The van der Waals surface area contributed by atoms with Crippen LogP contribution in [0.3, 0.4) is 0 Å². The molecular weight excluding hydrogens is 510 g/mol. The number of nitrogens with one attached hydrogen (secondary N) is 2. The molecule has 11 heteroatoms. The summed E-state index contributed by atoms with van der Waals surface area (Å²) in [7, 11) is 3.53. The summed E-state index contributed by atoms with van der Waals surface area (Å²) >= 11 is 4.18. The fourth-order valence-corrected chi connectivity index (χ4v) is 6.93. The second-order valence-corrected chi connectivity index (χ2v) is 13.6. The third-order valence-corrected chi connectivity index (χ3v) is 8.75. The summed E-state index contributed by atoms with van der Waals surface area (Å²) in [6.07, 6.45) is 17.9. The van der Waals surface area contributed by atoms with Crippen LogP contribution in [-0.4, -0.2) is 70.0 Å². The lowest BCUT2D eigenvalue weighted by atomic mass is 9.95. The Morgan fingerprint density at radius 1 is 1.05 bits per heavy atom. The van der Waals surface area contributed by atoms with Crippen LogP contribution in [0.5, 0.6) is 0 Å². The van der Waals surface area contributed by atoms with E-state index in [9.17, 15) is 14.5 Å². The van der Waals surface area contributed by atoms with Crippen molar-refractivity contribution in [3.63, 3.8) is 0 Å². The molecule has 218 valence electrons. The zero-order chi connectivity index (χ0) is 27.4. The molecule has 1 fully saturated rings. The Hall–Kier alpha value is -0.0851. The maximum atomic E-state index is 12.9. The van der Waals surface area contributed by atoms with Gasteiger partial charge in [0.15, 0.2) is 0 Å². The molecule has 5 atom stereocenters. The van der Waals surface area contributed by atoms with E-state index >= 15 is 0 Å². The molecular formula is C26H54BN2O6PS. The second-order valence-electron chi connectivity index (χ2n) is 10.5. The molecule has 1 rings (SSSR count). The van der Waals surface area contributed by atoms with Gasteiger partial charge in [-0.15, -0.1) is 0 Å². The molecule has 0 aromatic carbocycles. The molecule has 1 aliphatic heterocycles. The van der Waals surface area contributed by atoms with Crippen LogP contribution in [0.4, 0.5) is 0 Å². The Morgan fingerprint density at radius 2 is 1.59 bits per heavy atom. The van der Waals surface area contributed by atoms with Crippen LogP contribution in [0.2, 0.25) is 0 Å². The summed E-state index contributed by atoms with van der Waals surface area (Å²) in [5.74, 6) is -0.0823. The highest BCUT2D eigenvalue weighted by atomic mass is 32.7. The maximum absolute atomic E-state index is 12.9. The minimum absolute atomic E-state index is 0.00816. The molecule has 1 aliphatic rings. The normalized spacial score (nSPS) is 22.1. The smallest absolute Gasteiger partial charge is 0.324 e. The number of hydrogen-bond acceptors (Lipinski definition) is 6. The molecule has 0 aliphatic carbocycles. The van der Waals surface area contributed by atoms with E-state index in [4.69, 9.17) is 14.0 Å². The first-order valence-electron chi connectivity index (χ1n) is 14.6. The molecule has 0 radical (unpaired) electrons. The molecule has 3 N–H and O–H groups in total. The number of amides is 1. The molecule has 1 saturated heterocycles. The number of aliphatic hydroxyl groups is 1. The van der Waals surface area contributed by atoms with Crippen LogP contribution in [0.1, 0.15) is 110 Å². The monoisotopic (exact) mass is 564 g/mol. The van der Waals surface area contributed by atoms with Gasteiger partial charge in [-0.05, 0) is 12.8 Å². The minimum atomic E-state index is -3.52. The van der Waals surface area contributed by atoms with Gasteiger partial charge in [-0.25, -0.2) is 5.09 Å². The number of hydrogen-bond donors (Lipinski definition) is 4. The average Bonchev–Trinajstić information content (AvgIpc) is 3.19. The second kappa shape index (κ2) is 21.7. The van der Waals surface area contributed by atoms with Gasteiger partial charge in [0.25, 0.3) is 0 Å². The predicted molar refractivity (Wildman–Crippen MR) is 157 cm³/mol. The third-order valence-electron chi connectivity index (χ3n) is 6.88. The number of carbonyl (C=O) groups excluding carboxylic acids is 1. The molecule has 37 heavy (non-hydrogen) atoms. The van der Waals surface area contributed by atoms with Gasteiger partial charge < -0.3 is 24.4 Å². The van der Waals surface area contributed by atoms with Gasteiger partial charge in [0.2, 0.25) is 5.91 Å². The molecule has 0 aromatic rings. The van der Waals surface area contributed by atoms with Crippen LogP contribution in [0, 0.1) is 0 Å². The zero-order valence-corrected chi connectivity index (χ0v) is 25.4. The van der Waals surface area contributed by atoms with Gasteiger partial charge in [0.05, 0.1) is 19.3 Å². The van der Waals surface area contributed by atoms with E-state index in [0.29, 0.717) is 19.4 Å². The summed E-state index contributed by atoms with van der Waals surface area (Å²) in [4.78, 5) is 12.2. The lowest BCUT2D eigenvalue weighted by Crippen LogP contribution is -2.39. The molecule has 0 saturated carbocycles.